The van der Waals surface area contributed by atoms with Gasteiger partial charge in [-0.2, -0.15) is 0 Å². The van der Waals surface area contributed by atoms with Crippen LogP contribution < -0.4 is 5.32 Å². The molecule has 1 amide bonds. The first-order valence-electron chi connectivity index (χ1n) is 9.57. The number of amides is 1. The van der Waals surface area contributed by atoms with Crippen molar-refractivity contribution < 1.29 is 9.59 Å². The Hall–Kier alpha value is -3.78. The molecule has 0 unspecified atom stereocenters. The molecule has 2 heterocycles. The normalized spacial score (nSPS) is 10.6. The van der Waals surface area contributed by atoms with E-state index in [1.807, 2.05) is 47.0 Å². The third kappa shape index (κ3) is 4.87. The smallest absolute Gasteiger partial charge is 0.234 e. The monoisotopic (exact) mass is 429 g/mol. The Labute approximate surface area is 183 Å². The van der Waals surface area contributed by atoms with Crippen LogP contribution in [-0.4, -0.2) is 37.2 Å². The van der Waals surface area contributed by atoms with Crippen LogP contribution in [0, 0.1) is 0 Å². The number of nitrogens with one attached hydrogen (secondary N) is 1. The Kier molecular flexibility index (Phi) is 6.18. The van der Waals surface area contributed by atoms with Gasteiger partial charge in [0.15, 0.2) is 16.8 Å². The third-order valence-electron chi connectivity index (χ3n) is 4.45. The van der Waals surface area contributed by atoms with E-state index in [-0.39, 0.29) is 17.4 Å². The number of aromatic nitrogens is 4. The van der Waals surface area contributed by atoms with Crippen molar-refractivity contribution in [2.75, 3.05) is 11.1 Å². The number of hydrogen-bond acceptors (Lipinski definition) is 6. The van der Waals surface area contributed by atoms with Crippen LogP contribution in [0.3, 0.4) is 0 Å². The Morgan fingerprint density at radius 3 is 2.58 bits per heavy atom. The van der Waals surface area contributed by atoms with Gasteiger partial charge in [-0.25, -0.2) is 0 Å². The van der Waals surface area contributed by atoms with E-state index >= 15 is 0 Å². The van der Waals surface area contributed by atoms with Gasteiger partial charge in [-0.1, -0.05) is 42.1 Å². The maximum atomic E-state index is 12.5. The van der Waals surface area contributed by atoms with Crippen molar-refractivity contribution in [2.45, 2.75) is 12.1 Å². The molecule has 0 aliphatic rings. The molecule has 0 spiro atoms. The van der Waals surface area contributed by atoms with Crippen molar-refractivity contribution in [2.24, 2.45) is 0 Å². The van der Waals surface area contributed by atoms with Crippen LogP contribution in [0.2, 0.25) is 0 Å². The Bertz CT molecular complexity index is 1210. The van der Waals surface area contributed by atoms with E-state index in [1.54, 1.807) is 36.7 Å². The fourth-order valence-electron chi connectivity index (χ4n) is 3.00. The minimum atomic E-state index is -0.198. The average Bonchev–Trinajstić information content (AvgIpc) is 3.23. The number of carbonyl (C=O) groups excluding carboxylic acids is 2. The molecule has 4 aromatic rings. The second-order valence-electron chi connectivity index (χ2n) is 6.69. The molecule has 31 heavy (non-hydrogen) atoms. The summed E-state index contributed by atoms with van der Waals surface area (Å²) in [5.41, 5.74) is 2.86. The predicted molar refractivity (Wildman–Crippen MR) is 120 cm³/mol. The number of carbonyl (C=O) groups is 2. The van der Waals surface area contributed by atoms with E-state index < -0.39 is 0 Å². The molecule has 2 aromatic carbocycles. The lowest BCUT2D eigenvalue weighted by atomic mass is 10.1. The van der Waals surface area contributed by atoms with E-state index in [4.69, 9.17) is 0 Å². The van der Waals surface area contributed by atoms with Gasteiger partial charge in [0.25, 0.3) is 0 Å². The highest BCUT2D eigenvalue weighted by molar-refractivity contribution is 7.99. The van der Waals surface area contributed by atoms with E-state index in [1.165, 1.54) is 18.7 Å². The zero-order chi connectivity index (χ0) is 21.6. The summed E-state index contributed by atoms with van der Waals surface area (Å²) >= 11 is 1.29. The van der Waals surface area contributed by atoms with Crippen LogP contribution in [0.15, 0.2) is 84.3 Å². The van der Waals surface area contributed by atoms with E-state index in [2.05, 4.69) is 20.5 Å². The fraction of sp³-hybridized carbons (Fsp3) is 0.0870. The van der Waals surface area contributed by atoms with Crippen LogP contribution >= 0.6 is 11.8 Å². The third-order valence-corrected chi connectivity index (χ3v) is 5.38. The summed E-state index contributed by atoms with van der Waals surface area (Å²) in [6.07, 6.45) is 3.43. The maximum absolute atomic E-state index is 12.5. The predicted octanol–water partition coefficient (Wildman–Crippen LogP) is 4.26. The van der Waals surface area contributed by atoms with Crippen LogP contribution in [0.4, 0.5) is 5.69 Å². The molecular weight excluding hydrogens is 410 g/mol. The zero-order valence-corrected chi connectivity index (χ0v) is 17.5. The average molecular weight is 430 g/mol. The van der Waals surface area contributed by atoms with Gasteiger partial charge in [0.2, 0.25) is 5.91 Å². The molecule has 0 aliphatic carbocycles. The first kappa shape index (κ1) is 20.5. The molecular formula is C23H19N5O2S. The van der Waals surface area contributed by atoms with E-state index in [9.17, 15) is 9.59 Å². The lowest BCUT2D eigenvalue weighted by molar-refractivity contribution is -0.113. The van der Waals surface area contributed by atoms with Gasteiger partial charge >= 0.3 is 0 Å². The number of hydrogen-bond donors (Lipinski definition) is 1. The summed E-state index contributed by atoms with van der Waals surface area (Å²) in [6, 6.07) is 20.4. The molecule has 1 N–H and O–H groups in total. The summed E-state index contributed by atoms with van der Waals surface area (Å²) in [5.74, 6) is 0.541. The number of anilines is 1. The standard InChI is InChI=1S/C23H19N5O2S/c1-16(29)17-7-5-9-19(13-17)25-21(30)15-31-23-27-26-22(18-8-6-12-24-14-18)28(23)20-10-3-2-4-11-20/h2-14H,15H2,1H3,(H,25,30). The number of ketones is 1. The van der Waals surface area contributed by atoms with Gasteiger partial charge in [0.1, 0.15) is 0 Å². The van der Waals surface area contributed by atoms with Crippen LogP contribution in [-0.2, 0) is 4.79 Å². The van der Waals surface area contributed by atoms with E-state index in [0.29, 0.717) is 22.2 Å². The summed E-state index contributed by atoms with van der Waals surface area (Å²) in [7, 11) is 0. The number of rotatable bonds is 7. The Balaban J connectivity index is 1.55. The van der Waals surface area contributed by atoms with Crippen molar-refractivity contribution in [3.8, 4) is 17.1 Å². The van der Waals surface area contributed by atoms with Crippen molar-refractivity contribution in [1.82, 2.24) is 19.7 Å². The Morgan fingerprint density at radius 2 is 1.84 bits per heavy atom. The van der Waals surface area contributed by atoms with Gasteiger partial charge in [-0.15, -0.1) is 10.2 Å². The van der Waals surface area contributed by atoms with Gasteiger partial charge in [-0.05, 0) is 43.3 Å². The number of para-hydroxylation sites is 1. The molecule has 0 bridgehead atoms. The lowest BCUT2D eigenvalue weighted by Gasteiger charge is -2.10. The minimum absolute atomic E-state index is 0.0515. The molecule has 4 rings (SSSR count). The SMILES string of the molecule is CC(=O)c1cccc(NC(=O)CSc2nnc(-c3cccnc3)n2-c2ccccc2)c1. The number of Topliss-reactive ketones (excluding diaryl/α,β-unsaturated/α-hetero) is 1. The molecule has 0 radical (unpaired) electrons. The van der Waals surface area contributed by atoms with Gasteiger partial charge in [0, 0.05) is 34.9 Å². The maximum Gasteiger partial charge on any atom is 0.234 e. The highest BCUT2D eigenvalue weighted by Crippen LogP contribution is 2.27. The number of thioether (sulfide) groups is 1. The molecule has 154 valence electrons. The molecule has 0 aliphatic heterocycles. The highest BCUT2D eigenvalue weighted by Gasteiger charge is 2.17. The molecule has 8 heteroatoms. The molecule has 0 saturated carbocycles. The summed E-state index contributed by atoms with van der Waals surface area (Å²) in [5, 5.41) is 12.1. The molecule has 2 aromatic heterocycles. The first-order valence-corrected chi connectivity index (χ1v) is 10.6. The summed E-state index contributed by atoms with van der Waals surface area (Å²) < 4.78 is 1.91. The Morgan fingerprint density at radius 1 is 1.00 bits per heavy atom. The first-order chi connectivity index (χ1) is 15.1. The van der Waals surface area contributed by atoms with Gasteiger partial charge < -0.3 is 5.32 Å². The summed E-state index contributed by atoms with van der Waals surface area (Å²) in [6.45, 7) is 1.49. The van der Waals surface area contributed by atoms with Crippen molar-refractivity contribution in [3.05, 3.63) is 84.7 Å². The van der Waals surface area contributed by atoms with Crippen LogP contribution in [0.5, 0.6) is 0 Å². The fourth-order valence-corrected chi connectivity index (χ4v) is 3.75. The van der Waals surface area contributed by atoms with Crippen LogP contribution in [0.1, 0.15) is 17.3 Å². The van der Waals surface area contributed by atoms with E-state index in [0.717, 1.165) is 11.3 Å². The second kappa shape index (κ2) is 9.36. The molecule has 0 atom stereocenters. The van der Waals surface area contributed by atoms with Crippen molar-refractivity contribution >= 4 is 29.1 Å². The molecule has 0 fully saturated rings. The molecule has 0 saturated heterocycles. The van der Waals surface area contributed by atoms with Gasteiger partial charge in [0.05, 0.1) is 5.75 Å². The van der Waals surface area contributed by atoms with Crippen LogP contribution in [0.25, 0.3) is 17.1 Å². The summed E-state index contributed by atoms with van der Waals surface area (Å²) in [4.78, 5) is 28.2. The minimum Gasteiger partial charge on any atom is -0.325 e. The quantitative estimate of drug-likeness (QED) is 0.349. The van der Waals surface area contributed by atoms with Gasteiger partial charge in [-0.3, -0.25) is 19.1 Å². The van der Waals surface area contributed by atoms with Crippen molar-refractivity contribution in [3.63, 3.8) is 0 Å². The second-order valence-corrected chi connectivity index (χ2v) is 7.64. The largest absolute Gasteiger partial charge is 0.325 e. The number of benzene rings is 2. The zero-order valence-electron chi connectivity index (χ0n) is 16.7. The topological polar surface area (TPSA) is 89.8 Å². The molecule has 7 nitrogen and oxygen atoms in total. The number of pyridine rings is 1. The number of nitrogens with zero attached hydrogens (tertiary/aromatic N) is 4. The van der Waals surface area contributed by atoms with Crippen molar-refractivity contribution in [1.29, 1.82) is 0 Å². The lowest BCUT2D eigenvalue weighted by Crippen LogP contribution is -2.15. The highest BCUT2D eigenvalue weighted by atomic mass is 32.2.